The lowest BCUT2D eigenvalue weighted by Crippen LogP contribution is -2.53. The Morgan fingerprint density at radius 3 is 2.58 bits per heavy atom. The molecule has 192 valence electrons. The Morgan fingerprint density at radius 1 is 1.17 bits per heavy atom. The first kappa shape index (κ1) is 25.9. The Kier molecular flexibility index (Phi) is 8.44. The number of nitrogens with zero attached hydrogens (tertiary/aromatic N) is 6. The number of aryl methyl sites for hydroxylation is 1. The van der Waals surface area contributed by atoms with Crippen molar-refractivity contribution in [1.29, 1.82) is 0 Å². The molecule has 11 heteroatoms. The minimum Gasteiger partial charge on any atom is -0.351 e. The minimum absolute atomic E-state index is 0.0910. The number of hydrogen-bond donors (Lipinski definition) is 3. The average Bonchev–Trinajstić information content (AvgIpc) is 3.23. The second kappa shape index (κ2) is 11.7. The first-order valence-electron chi connectivity index (χ1n) is 12.1. The number of aromatic amines is 1. The third kappa shape index (κ3) is 7.19. The number of aromatic nitrogens is 4. The van der Waals surface area contributed by atoms with E-state index in [0.717, 1.165) is 54.8 Å². The van der Waals surface area contributed by atoms with Crippen LogP contribution in [0.1, 0.15) is 19.5 Å². The van der Waals surface area contributed by atoms with Gasteiger partial charge in [0.25, 0.3) is 0 Å². The number of rotatable bonds is 9. The van der Waals surface area contributed by atoms with Crippen LogP contribution in [0.3, 0.4) is 0 Å². The summed E-state index contributed by atoms with van der Waals surface area (Å²) < 4.78 is 0. The normalized spacial score (nSPS) is 16.4. The molecule has 1 aliphatic heterocycles. The van der Waals surface area contributed by atoms with E-state index < -0.39 is 0 Å². The van der Waals surface area contributed by atoms with Gasteiger partial charge in [-0.2, -0.15) is 5.10 Å². The van der Waals surface area contributed by atoms with Crippen molar-refractivity contribution in [3.63, 3.8) is 0 Å². The smallest absolute Gasteiger partial charge is 0.221 e. The number of anilines is 4. The van der Waals surface area contributed by atoms with Gasteiger partial charge in [-0.05, 0) is 64.0 Å². The number of benzene rings is 1. The lowest BCUT2D eigenvalue weighted by molar-refractivity contribution is -0.114. The summed E-state index contributed by atoms with van der Waals surface area (Å²) in [6, 6.07) is 12.0. The third-order valence-corrected chi connectivity index (χ3v) is 6.78. The van der Waals surface area contributed by atoms with Crippen molar-refractivity contribution in [2.75, 3.05) is 62.4 Å². The lowest BCUT2D eigenvalue weighted by atomic mass is 10.2. The maximum Gasteiger partial charge on any atom is 0.221 e. The van der Waals surface area contributed by atoms with Gasteiger partial charge in [0.1, 0.15) is 11.6 Å². The summed E-state index contributed by atoms with van der Waals surface area (Å²) >= 11 is 1.49. The van der Waals surface area contributed by atoms with Gasteiger partial charge < -0.3 is 20.4 Å². The molecule has 3 aromatic rings. The van der Waals surface area contributed by atoms with Crippen LogP contribution in [0.15, 0.2) is 46.5 Å². The fourth-order valence-corrected chi connectivity index (χ4v) is 4.88. The highest BCUT2D eigenvalue weighted by atomic mass is 32.2. The SMILES string of the molecule is CC(=O)Nc1ccc(Sc2nc(Nc3cc(C)[nH]n3)cc(N3CCN(CCN(C)C)CC3C)n2)cc1. The summed E-state index contributed by atoms with van der Waals surface area (Å²) in [5, 5.41) is 14.0. The van der Waals surface area contributed by atoms with Crippen molar-refractivity contribution in [2.24, 2.45) is 0 Å². The monoisotopic (exact) mass is 509 g/mol. The molecule has 2 aromatic heterocycles. The Bertz CT molecular complexity index is 1160. The molecule has 3 N–H and O–H groups in total. The molecule has 1 aromatic carbocycles. The number of carbonyl (C=O) groups excluding carboxylic acids is 1. The molecule has 0 saturated carbocycles. The van der Waals surface area contributed by atoms with E-state index in [1.54, 1.807) is 0 Å². The van der Waals surface area contributed by atoms with Crippen LogP contribution in [-0.4, -0.2) is 88.7 Å². The Labute approximate surface area is 216 Å². The molecule has 1 saturated heterocycles. The summed E-state index contributed by atoms with van der Waals surface area (Å²) in [7, 11) is 4.23. The van der Waals surface area contributed by atoms with Crippen molar-refractivity contribution in [3.8, 4) is 0 Å². The average molecular weight is 510 g/mol. The summed E-state index contributed by atoms with van der Waals surface area (Å²) in [6.07, 6.45) is 0. The van der Waals surface area contributed by atoms with Crippen LogP contribution in [0.25, 0.3) is 0 Å². The molecule has 36 heavy (non-hydrogen) atoms. The first-order valence-corrected chi connectivity index (χ1v) is 12.9. The van der Waals surface area contributed by atoms with E-state index in [1.165, 1.54) is 18.7 Å². The highest BCUT2D eigenvalue weighted by Crippen LogP contribution is 2.31. The van der Waals surface area contributed by atoms with Crippen LogP contribution in [0.2, 0.25) is 0 Å². The van der Waals surface area contributed by atoms with Gasteiger partial charge in [0.15, 0.2) is 11.0 Å². The molecule has 3 heterocycles. The molecule has 1 unspecified atom stereocenters. The highest BCUT2D eigenvalue weighted by Gasteiger charge is 2.25. The summed E-state index contributed by atoms with van der Waals surface area (Å²) in [6.45, 7) is 10.7. The van der Waals surface area contributed by atoms with Crippen molar-refractivity contribution in [2.45, 2.75) is 36.9 Å². The van der Waals surface area contributed by atoms with Crippen LogP contribution in [0.5, 0.6) is 0 Å². The zero-order chi connectivity index (χ0) is 25.7. The zero-order valence-electron chi connectivity index (χ0n) is 21.6. The summed E-state index contributed by atoms with van der Waals surface area (Å²) in [5.74, 6) is 2.23. The maximum absolute atomic E-state index is 11.3. The molecule has 1 aliphatic rings. The number of H-pyrrole nitrogens is 1. The number of likely N-dealkylation sites (N-methyl/N-ethyl adjacent to an activating group) is 1. The molecule has 10 nitrogen and oxygen atoms in total. The summed E-state index contributed by atoms with van der Waals surface area (Å²) in [4.78, 5) is 29.1. The number of carbonyl (C=O) groups is 1. The molecule has 4 rings (SSSR count). The molecule has 0 aliphatic carbocycles. The van der Waals surface area contributed by atoms with E-state index in [9.17, 15) is 4.79 Å². The summed E-state index contributed by atoms with van der Waals surface area (Å²) in [5.41, 5.74) is 1.74. The van der Waals surface area contributed by atoms with E-state index in [1.807, 2.05) is 43.3 Å². The van der Waals surface area contributed by atoms with Crippen molar-refractivity contribution >= 4 is 40.8 Å². The van der Waals surface area contributed by atoms with Gasteiger partial charge >= 0.3 is 0 Å². The Hall–Kier alpha value is -3.15. The van der Waals surface area contributed by atoms with Crippen molar-refractivity contribution < 1.29 is 4.79 Å². The van der Waals surface area contributed by atoms with Crippen LogP contribution < -0.4 is 15.5 Å². The maximum atomic E-state index is 11.3. The zero-order valence-corrected chi connectivity index (χ0v) is 22.4. The predicted octanol–water partition coefficient (Wildman–Crippen LogP) is 3.43. The van der Waals surface area contributed by atoms with E-state index in [0.29, 0.717) is 22.8 Å². The van der Waals surface area contributed by atoms with Gasteiger partial charge in [-0.1, -0.05) is 0 Å². The molecule has 0 bridgehead atoms. The predicted molar refractivity (Wildman–Crippen MR) is 145 cm³/mol. The fraction of sp³-hybridized carbons (Fsp3) is 0.440. The number of piperazine rings is 1. The Morgan fingerprint density at radius 2 is 1.94 bits per heavy atom. The van der Waals surface area contributed by atoms with Gasteiger partial charge in [-0.25, -0.2) is 9.97 Å². The Balaban J connectivity index is 1.55. The van der Waals surface area contributed by atoms with Gasteiger partial charge in [0.2, 0.25) is 5.91 Å². The standard InChI is InChI=1S/C25H35N9OS/c1-17-14-23(31-30-17)27-22-15-24(34-13-12-33(16-18(34)2)11-10-32(4)5)29-25(28-22)36-21-8-6-20(7-9-21)26-19(3)35/h6-9,14-15,18H,10-13,16H2,1-5H3,(H,26,35)(H2,27,28,29,30,31). The van der Waals surface area contributed by atoms with Crippen LogP contribution >= 0.6 is 11.8 Å². The van der Waals surface area contributed by atoms with E-state index >= 15 is 0 Å². The molecule has 0 radical (unpaired) electrons. The van der Waals surface area contributed by atoms with Crippen LogP contribution in [-0.2, 0) is 4.79 Å². The highest BCUT2D eigenvalue weighted by molar-refractivity contribution is 7.99. The van der Waals surface area contributed by atoms with Gasteiger partial charge in [-0.15, -0.1) is 0 Å². The molecule has 1 fully saturated rings. The van der Waals surface area contributed by atoms with E-state index in [-0.39, 0.29) is 5.91 Å². The molecular formula is C25H35N9OS. The number of nitrogens with one attached hydrogen (secondary N) is 3. The molecule has 0 spiro atoms. The molecular weight excluding hydrogens is 474 g/mol. The van der Waals surface area contributed by atoms with E-state index in [4.69, 9.17) is 9.97 Å². The fourth-order valence-electron chi connectivity index (χ4n) is 4.12. The molecule has 1 amide bonds. The second-order valence-electron chi connectivity index (χ2n) is 9.41. The topological polar surface area (TPSA) is 105 Å². The van der Waals surface area contributed by atoms with Gasteiger partial charge in [0, 0.05) is 74.1 Å². The van der Waals surface area contributed by atoms with Crippen LogP contribution in [0.4, 0.5) is 23.1 Å². The third-order valence-electron chi connectivity index (χ3n) is 5.91. The second-order valence-corrected chi connectivity index (χ2v) is 10.4. The minimum atomic E-state index is -0.0910. The van der Waals surface area contributed by atoms with E-state index in [2.05, 4.69) is 56.5 Å². The number of amides is 1. The lowest BCUT2D eigenvalue weighted by Gasteiger charge is -2.41. The number of hydrogen-bond acceptors (Lipinski definition) is 9. The quantitative estimate of drug-likeness (QED) is 0.374. The molecule has 1 atom stereocenters. The van der Waals surface area contributed by atoms with Crippen molar-refractivity contribution in [1.82, 2.24) is 30.0 Å². The van der Waals surface area contributed by atoms with Gasteiger partial charge in [0.05, 0.1) is 0 Å². The van der Waals surface area contributed by atoms with Crippen LogP contribution in [0, 0.1) is 6.92 Å². The van der Waals surface area contributed by atoms with Gasteiger partial charge in [-0.3, -0.25) is 14.8 Å². The largest absolute Gasteiger partial charge is 0.351 e. The van der Waals surface area contributed by atoms with Crippen molar-refractivity contribution in [3.05, 3.63) is 42.1 Å². The first-order chi connectivity index (χ1) is 17.2.